The van der Waals surface area contributed by atoms with Gasteiger partial charge in [0, 0.05) is 18.1 Å². The fourth-order valence-corrected chi connectivity index (χ4v) is 1.77. The second kappa shape index (κ2) is 6.02. The summed E-state index contributed by atoms with van der Waals surface area (Å²) < 4.78 is 0. The lowest BCUT2D eigenvalue weighted by Crippen LogP contribution is -2.43. The van der Waals surface area contributed by atoms with Crippen molar-refractivity contribution < 1.29 is 0 Å². The molecule has 0 aromatic heterocycles. The van der Waals surface area contributed by atoms with Crippen LogP contribution in [0.4, 0.5) is 0 Å². The summed E-state index contributed by atoms with van der Waals surface area (Å²) in [6.45, 7) is 8.65. The highest BCUT2D eigenvalue weighted by atomic mass is 15.0. The molecule has 16 heavy (non-hydrogen) atoms. The van der Waals surface area contributed by atoms with E-state index in [1.54, 1.807) is 0 Å². The van der Waals surface area contributed by atoms with Crippen LogP contribution in [0.1, 0.15) is 39.3 Å². The van der Waals surface area contributed by atoms with Crippen molar-refractivity contribution in [3.8, 4) is 0 Å². The van der Waals surface area contributed by atoms with Gasteiger partial charge in [0.15, 0.2) is 0 Å². The number of hydrogen-bond donors (Lipinski definition) is 2. The van der Waals surface area contributed by atoms with Gasteiger partial charge in [-0.15, -0.1) is 0 Å². The highest BCUT2D eigenvalue weighted by molar-refractivity contribution is 5.19. The van der Waals surface area contributed by atoms with Crippen LogP contribution in [0.5, 0.6) is 0 Å². The zero-order chi connectivity index (χ0) is 12.1. The van der Waals surface area contributed by atoms with Crippen LogP contribution in [0, 0.1) is 5.92 Å². The predicted octanol–water partition coefficient (Wildman–Crippen LogP) is 2.71. The Kier molecular flexibility index (Phi) is 4.97. The summed E-state index contributed by atoms with van der Waals surface area (Å²) >= 11 is 0. The molecule has 0 fully saturated rings. The Labute approximate surface area is 99.2 Å². The van der Waals surface area contributed by atoms with Crippen molar-refractivity contribution in [1.82, 2.24) is 5.32 Å². The maximum Gasteiger partial charge on any atom is 0.0346 e. The van der Waals surface area contributed by atoms with E-state index in [2.05, 4.69) is 56.4 Å². The molecule has 0 bridgehead atoms. The van der Waals surface area contributed by atoms with Crippen LogP contribution < -0.4 is 11.1 Å². The molecule has 90 valence electrons. The molecule has 0 aliphatic carbocycles. The third-order valence-corrected chi connectivity index (χ3v) is 3.06. The Morgan fingerprint density at radius 2 is 1.56 bits per heavy atom. The van der Waals surface area contributed by atoms with Gasteiger partial charge in [-0.3, -0.25) is 0 Å². The van der Waals surface area contributed by atoms with E-state index in [0.717, 1.165) is 0 Å². The van der Waals surface area contributed by atoms with Crippen LogP contribution in [0.3, 0.4) is 0 Å². The van der Waals surface area contributed by atoms with Gasteiger partial charge in [0.25, 0.3) is 0 Å². The third-order valence-electron chi connectivity index (χ3n) is 3.06. The Balaban J connectivity index is 2.77. The Morgan fingerprint density at radius 1 is 1.00 bits per heavy atom. The van der Waals surface area contributed by atoms with Gasteiger partial charge >= 0.3 is 0 Å². The van der Waals surface area contributed by atoms with Crippen LogP contribution in [0.15, 0.2) is 30.3 Å². The molecule has 0 saturated carbocycles. The van der Waals surface area contributed by atoms with Gasteiger partial charge in [-0.25, -0.2) is 0 Å². The lowest BCUT2D eigenvalue weighted by molar-refractivity contribution is 0.347. The van der Waals surface area contributed by atoms with E-state index in [1.165, 1.54) is 5.56 Å². The second-order valence-electron chi connectivity index (χ2n) is 4.95. The van der Waals surface area contributed by atoms with Crippen LogP contribution in [-0.2, 0) is 0 Å². The van der Waals surface area contributed by atoms with Crippen LogP contribution in [0.25, 0.3) is 0 Å². The van der Waals surface area contributed by atoms with Crippen molar-refractivity contribution in [3.63, 3.8) is 0 Å². The largest absolute Gasteiger partial charge is 0.327 e. The molecule has 0 heterocycles. The van der Waals surface area contributed by atoms with Crippen molar-refractivity contribution in [3.05, 3.63) is 35.9 Å². The van der Waals surface area contributed by atoms with Gasteiger partial charge in [-0.1, -0.05) is 44.2 Å². The lowest BCUT2D eigenvalue weighted by Gasteiger charge is -2.28. The summed E-state index contributed by atoms with van der Waals surface area (Å²) in [5, 5.41) is 3.61. The van der Waals surface area contributed by atoms with E-state index in [-0.39, 0.29) is 6.04 Å². The lowest BCUT2D eigenvalue weighted by atomic mass is 9.94. The number of benzene rings is 1. The first-order chi connectivity index (χ1) is 7.52. The molecule has 0 aliphatic rings. The van der Waals surface area contributed by atoms with E-state index < -0.39 is 0 Å². The van der Waals surface area contributed by atoms with E-state index in [0.29, 0.717) is 18.0 Å². The van der Waals surface area contributed by atoms with Gasteiger partial charge < -0.3 is 11.1 Å². The van der Waals surface area contributed by atoms with E-state index in [9.17, 15) is 0 Å². The number of hydrogen-bond acceptors (Lipinski definition) is 2. The van der Waals surface area contributed by atoms with Crippen molar-refractivity contribution in [2.24, 2.45) is 11.7 Å². The SMILES string of the molecule is CC(C)C(NC(C)C(C)N)c1ccccc1. The predicted molar refractivity (Wildman–Crippen MR) is 70.3 cm³/mol. The fraction of sp³-hybridized carbons (Fsp3) is 0.571. The van der Waals surface area contributed by atoms with E-state index >= 15 is 0 Å². The highest BCUT2D eigenvalue weighted by Gasteiger charge is 2.19. The van der Waals surface area contributed by atoms with E-state index in [4.69, 9.17) is 5.73 Å². The highest BCUT2D eigenvalue weighted by Crippen LogP contribution is 2.22. The maximum absolute atomic E-state index is 5.90. The summed E-state index contributed by atoms with van der Waals surface area (Å²) in [6.07, 6.45) is 0. The van der Waals surface area contributed by atoms with Gasteiger partial charge in [-0.05, 0) is 25.3 Å². The summed E-state index contributed by atoms with van der Waals surface area (Å²) in [6, 6.07) is 11.4. The topological polar surface area (TPSA) is 38.0 Å². The average Bonchev–Trinajstić information content (AvgIpc) is 2.26. The average molecular weight is 220 g/mol. The van der Waals surface area contributed by atoms with Crippen LogP contribution >= 0.6 is 0 Å². The minimum atomic E-state index is 0.171. The molecular weight excluding hydrogens is 196 g/mol. The summed E-state index contributed by atoms with van der Waals surface area (Å²) in [4.78, 5) is 0. The molecule has 3 atom stereocenters. The molecule has 1 aromatic carbocycles. The van der Waals surface area contributed by atoms with Crippen LogP contribution in [-0.4, -0.2) is 12.1 Å². The van der Waals surface area contributed by atoms with Crippen molar-refractivity contribution in [2.45, 2.75) is 45.8 Å². The number of nitrogens with two attached hydrogens (primary N) is 1. The van der Waals surface area contributed by atoms with Crippen LogP contribution in [0.2, 0.25) is 0 Å². The molecule has 1 rings (SSSR count). The van der Waals surface area contributed by atoms with Crippen molar-refractivity contribution in [2.75, 3.05) is 0 Å². The maximum atomic E-state index is 5.90. The molecule has 2 nitrogen and oxygen atoms in total. The van der Waals surface area contributed by atoms with Gasteiger partial charge in [0.2, 0.25) is 0 Å². The fourth-order valence-electron chi connectivity index (χ4n) is 1.77. The summed E-state index contributed by atoms with van der Waals surface area (Å²) in [7, 11) is 0. The standard InChI is InChI=1S/C14H24N2/c1-10(2)14(16-12(4)11(3)15)13-8-6-5-7-9-13/h5-12,14,16H,15H2,1-4H3. The zero-order valence-corrected chi connectivity index (χ0v) is 10.8. The molecule has 0 amide bonds. The zero-order valence-electron chi connectivity index (χ0n) is 10.8. The Morgan fingerprint density at radius 3 is 2.00 bits per heavy atom. The molecule has 3 unspecified atom stereocenters. The molecular formula is C14H24N2. The summed E-state index contributed by atoms with van der Waals surface area (Å²) in [5.74, 6) is 0.559. The molecule has 0 spiro atoms. The normalized spacial score (nSPS) is 17.1. The monoisotopic (exact) mass is 220 g/mol. The van der Waals surface area contributed by atoms with Gasteiger partial charge in [0.1, 0.15) is 0 Å². The first-order valence-electron chi connectivity index (χ1n) is 6.09. The second-order valence-corrected chi connectivity index (χ2v) is 4.95. The molecule has 0 aliphatic heterocycles. The Bertz CT molecular complexity index is 293. The minimum Gasteiger partial charge on any atom is -0.327 e. The van der Waals surface area contributed by atoms with Crippen molar-refractivity contribution in [1.29, 1.82) is 0 Å². The number of rotatable bonds is 5. The first-order valence-corrected chi connectivity index (χ1v) is 6.09. The molecule has 0 saturated heterocycles. The smallest absolute Gasteiger partial charge is 0.0346 e. The first kappa shape index (κ1) is 13.2. The molecule has 3 N–H and O–H groups in total. The minimum absolute atomic E-state index is 0.171. The third kappa shape index (κ3) is 3.62. The summed E-state index contributed by atoms with van der Waals surface area (Å²) in [5.41, 5.74) is 7.24. The Hall–Kier alpha value is -0.860. The van der Waals surface area contributed by atoms with Crippen molar-refractivity contribution >= 4 is 0 Å². The molecule has 1 aromatic rings. The van der Waals surface area contributed by atoms with Gasteiger partial charge in [0.05, 0.1) is 0 Å². The quantitative estimate of drug-likeness (QED) is 0.800. The molecule has 2 heteroatoms. The van der Waals surface area contributed by atoms with E-state index in [1.807, 2.05) is 6.92 Å². The van der Waals surface area contributed by atoms with Gasteiger partial charge in [-0.2, -0.15) is 0 Å². The molecule has 0 radical (unpaired) electrons. The number of nitrogens with one attached hydrogen (secondary N) is 1.